The summed E-state index contributed by atoms with van der Waals surface area (Å²) in [7, 11) is 0. The van der Waals surface area contributed by atoms with Crippen LogP contribution in [0.1, 0.15) is 15.4 Å². The molecule has 0 aliphatic rings. The number of carbonyl (C=O) groups excluding carboxylic acids is 1. The van der Waals surface area contributed by atoms with E-state index in [1.165, 1.54) is 11.3 Å². The number of pyridine rings is 1. The third-order valence-corrected chi connectivity index (χ3v) is 5.17. The van der Waals surface area contributed by atoms with E-state index < -0.39 is 22.7 Å². The highest BCUT2D eigenvalue weighted by molar-refractivity contribution is 7.16. The number of anilines is 1. The molecule has 0 fully saturated rings. The highest BCUT2D eigenvalue weighted by Gasteiger charge is 2.38. The van der Waals surface area contributed by atoms with Crippen molar-refractivity contribution in [3.8, 4) is 11.5 Å². The molecule has 4 heterocycles. The second-order valence-electron chi connectivity index (χ2n) is 5.23. The van der Waals surface area contributed by atoms with Crippen molar-refractivity contribution in [2.75, 3.05) is 5.32 Å². The number of aromatic nitrogens is 4. The Morgan fingerprint density at radius 2 is 1.93 bits per heavy atom. The second kappa shape index (κ2) is 6.67. The lowest BCUT2D eigenvalue weighted by Gasteiger charge is -2.09. The third kappa shape index (κ3) is 3.38. The minimum Gasteiger partial charge on any atom is -0.305 e. The van der Waals surface area contributed by atoms with Crippen LogP contribution in [0.2, 0.25) is 0 Å². The van der Waals surface area contributed by atoms with Gasteiger partial charge in [0.15, 0.2) is 11.5 Å². The molecule has 0 bridgehead atoms. The molecule has 0 aromatic carbocycles. The van der Waals surface area contributed by atoms with Crippen molar-refractivity contribution in [3.05, 3.63) is 51.9 Å². The Morgan fingerprint density at radius 1 is 1.07 bits per heavy atom. The van der Waals surface area contributed by atoms with Crippen LogP contribution in [0.25, 0.3) is 21.7 Å². The second-order valence-corrected chi connectivity index (χ2v) is 6.98. The van der Waals surface area contributed by atoms with Crippen LogP contribution in [-0.2, 0) is 6.18 Å². The predicted molar refractivity (Wildman–Crippen MR) is 95.7 cm³/mol. The maximum absolute atomic E-state index is 13.0. The summed E-state index contributed by atoms with van der Waals surface area (Å²) in [5, 5.41) is 4.71. The van der Waals surface area contributed by atoms with Gasteiger partial charge in [-0.15, -0.1) is 22.7 Å². The molecular formula is C16H8F3N5OS2. The molecule has 0 spiro atoms. The molecule has 0 saturated carbocycles. The van der Waals surface area contributed by atoms with E-state index in [1.807, 2.05) is 0 Å². The van der Waals surface area contributed by atoms with E-state index in [1.54, 1.807) is 35.8 Å². The molecule has 0 aliphatic heterocycles. The Morgan fingerprint density at radius 3 is 2.67 bits per heavy atom. The zero-order chi connectivity index (χ0) is 19.0. The van der Waals surface area contributed by atoms with Gasteiger partial charge in [0.1, 0.15) is 21.2 Å². The quantitative estimate of drug-likeness (QED) is 0.542. The largest absolute Gasteiger partial charge is 0.427 e. The molecule has 0 saturated heterocycles. The van der Waals surface area contributed by atoms with Crippen LogP contribution in [0.5, 0.6) is 0 Å². The third-order valence-electron chi connectivity index (χ3n) is 3.49. The molecule has 4 rings (SSSR count). The fraction of sp³-hybridized carbons (Fsp3) is 0.0625. The Balaban J connectivity index is 1.75. The fourth-order valence-corrected chi connectivity index (χ4v) is 3.75. The van der Waals surface area contributed by atoms with Gasteiger partial charge in [-0.3, -0.25) is 9.78 Å². The van der Waals surface area contributed by atoms with Gasteiger partial charge in [-0.1, -0.05) is 6.07 Å². The number of thiazole rings is 1. The number of hydrogen-bond donors (Lipinski definition) is 1. The smallest absolute Gasteiger partial charge is 0.305 e. The van der Waals surface area contributed by atoms with Crippen molar-refractivity contribution in [1.29, 1.82) is 0 Å². The van der Waals surface area contributed by atoms with Crippen LogP contribution < -0.4 is 5.32 Å². The molecule has 4 aromatic rings. The van der Waals surface area contributed by atoms with Crippen LogP contribution in [0.4, 0.5) is 19.0 Å². The summed E-state index contributed by atoms with van der Waals surface area (Å²) in [4.78, 5) is 28.3. The molecule has 0 radical (unpaired) electrons. The lowest BCUT2D eigenvalue weighted by molar-refractivity contribution is -0.134. The summed E-state index contributed by atoms with van der Waals surface area (Å²) in [6, 6.07) is 6.87. The van der Waals surface area contributed by atoms with E-state index in [-0.39, 0.29) is 11.6 Å². The van der Waals surface area contributed by atoms with Gasteiger partial charge in [0.25, 0.3) is 5.91 Å². The topological polar surface area (TPSA) is 80.7 Å². The molecule has 1 N–H and O–H groups in total. The summed E-state index contributed by atoms with van der Waals surface area (Å²) in [5.41, 5.74) is 0.777. The van der Waals surface area contributed by atoms with Gasteiger partial charge < -0.3 is 5.32 Å². The molecule has 0 unspecified atom stereocenters. The van der Waals surface area contributed by atoms with Crippen LogP contribution in [0.15, 0.2) is 41.4 Å². The molecule has 6 nitrogen and oxygen atoms in total. The normalized spacial score (nSPS) is 11.7. The number of thiophene rings is 1. The summed E-state index contributed by atoms with van der Waals surface area (Å²) in [5.74, 6) is -0.620. The van der Waals surface area contributed by atoms with E-state index in [9.17, 15) is 18.0 Å². The van der Waals surface area contributed by atoms with E-state index in [2.05, 4.69) is 25.3 Å². The van der Waals surface area contributed by atoms with Gasteiger partial charge in [0.05, 0.1) is 10.9 Å². The van der Waals surface area contributed by atoms with Crippen molar-refractivity contribution in [1.82, 2.24) is 19.9 Å². The number of fused-ring (bicyclic) bond motifs is 1. The van der Waals surface area contributed by atoms with Crippen LogP contribution in [-0.4, -0.2) is 25.8 Å². The molecule has 136 valence electrons. The number of nitrogens with one attached hydrogen (secondary N) is 1. The minimum atomic E-state index is -4.66. The van der Waals surface area contributed by atoms with Crippen molar-refractivity contribution in [3.63, 3.8) is 0 Å². The van der Waals surface area contributed by atoms with E-state index in [0.29, 0.717) is 27.2 Å². The van der Waals surface area contributed by atoms with Gasteiger partial charge >= 0.3 is 6.18 Å². The fourth-order valence-electron chi connectivity index (χ4n) is 2.34. The Bertz CT molecular complexity index is 1120. The first kappa shape index (κ1) is 17.5. The van der Waals surface area contributed by atoms with Gasteiger partial charge in [-0.05, 0) is 23.6 Å². The van der Waals surface area contributed by atoms with E-state index in [0.717, 1.165) is 5.51 Å². The molecular weight excluding hydrogens is 399 g/mol. The Kier molecular flexibility index (Phi) is 4.32. The number of alkyl halides is 3. The maximum atomic E-state index is 13.0. The molecule has 4 aromatic heterocycles. The number of rotatable bonds is 3. The van der Waals surface area contributed by atoms with Crippen molar-refractivity contribution in [2.45, 2.75) is 6.18 Å². The first-order valence-corrected chi connectivity index (χ1v) is 9.18. The van der Waals surface area contributed by atoms with Crippen molar-refractivity contribution < 1.29 is 18.0 Å². The van der Waals surface area contributed by atoms with Crippen LogP contribution >= 0.6 is 22.7 Å². The van der Waals surface area contributed by atoms with Gasteiger partial charge in [0.2, 0.25) is 0 Å². The number of hydrogen-bond acceptors (Lipinski definition) is 7. The highest BCUT2D eigenvalue weighted by Crippen LogP contribution is 2.35. The molecule has 0 atom stereocenters. The summed E-state index contributed by atoms with van der Waals surface area (Å²) in [6.45, 7) is 0. The maximum Gasteiger partial charge on any atom is 0.427 e. The molecule has 27 heavy (non-hydrogen) atoms. The standard InChI is InChI=1S/C16H8F3N5OS2/c17-16(18,19)11-10(21-7-27-11)14(25)23-12-8-4-6-26-15(8)24-13(22-12)9-3-1-2-5-20-9/h1-7H,(H,22,23,24,25). The SMILES string of the molecule is O=C(Nc1nc(-c2ccccn2)nc2sccc12)c1ncsc1C(F)(F)F. The first-order valence-electron chi connectivity index (χ1n) is 7.42. The van der Waals surface area contributed by atoms with Gasteiger partial charge in [-0.25, -0.2) is 15.0 Å². The first-order chi connectivity index (χ1) is 12.9. The summed E-state index contributed by atoms with van der Waals surface area (Å²) in [6.07, 6.45) is -3.09. The molecule has 1 amide bonds. The van der Waals surface area contributed by atoms with Crippen molar-refractivity contribution in [2.24, 2.45) is 0 Å². The van der Waals surface area contributed by atoms with E-state index >= 15 is 0 Å². The highest BCUT2D eigenvalue weighted by atomic mass is 32.1. The number of carbonyl (C=O) groups is 1. The molecule has 11 heteroatoms. The zero-order valence-corrected chi connectivity index (χ0v) is 14.8. The summed E-state index contributed by atoms with van der Waals surface area (Å²) >= 11 is 1.68. The van der Waals surface area contributed by atoms with E-state index in [4.69, 9.17) is 0 Å². The number of halogens is 3. The van der Waals surface area contributed by atoms with Crippen LogP contribution in [0.3, 0.4) is 0 Å². The Labute approximate surface area is 157 Å². The average molecular weight is 407 g/mol. The number of nitrogens with zero attached hydrogens (tertiary/aromatic N) is 4. The Hall–Kier alpha value is -2.92. The lowest BCUT2D eigenvalue weighted by atomic mass is 10.3. The summed E-state index contributed by atoms with van der Waals surface area (Å²) < 4.78 is 39.1. The zero-order valence-electron chi connectivity index (χ0n) is 13.2. The monoisotopic (exact) mass is 407 g/mol. The van der Waals surface area contributed by atoms with Crippen LogP contribution in [0, 0.1) is 0 Å². The van der Waals surface area contributed by atoms with Gasteiger partial charge in [0, 0.05) is 6.20 Å². The lowest BCUT2D eigenvalue weighted by Crippen LogP contribution is -2.18. The van der Waals surface area contributed by atoms with Gasteiger partial charge in [-0.2, -0.15) is 13.2 Å². The average Bonchev–Trinajstić information content (AvgIpc) is 3.31. The van der Waals surface area contributed by atoms with Crippen molar-refractivity contribution >= 4 is 44.6 Å². The molecule has 0 aliphatic carbocycles. The minimum absolute atomic E-state index is 0.105. The number of amides is 1. The predicted octanol–water partition coefficient (Wildman–Crippen LogP) is 4.48.